The number of halogens is 1. The summed E-state index contributed by atoms with van der Waals surface area (Å²) in [7, 11) is 0. The molecule has 0 aliphatic rings. The van der Waals surface area contributed by atoms with E-state index in [-0.39, 0.29) is 0 Å². The van der Waals surface area contributed by atoms with Crippen molar-refractivity contribution in [3.8, 4) is 0 Å². The van der Waals surface area contributed by atoms with Gasteiger partial charge in [-0.15, -0.1) is 0 Å². The molecule has 1 aromatic heterocycles. The third-order valence-electron chi connectivity index (χ3n) is 0.991. The van der Waals surface area contributed by atoms with Crippen LogP contribution in [0.4, 0.5) is 5.82 Å². The van der Waals surface area contributed by atoms with Crippen LogP contribution >= 0.6 is 23.3 Å². The monoisotopic (exact) mass is 177 g/mol. The molecule has 0 atom stereocenters. The molecule has 0 amide bonds. The lowest BCUT2D eigenvalue weighted by Crippen LogP contribution is -1.99. The lowest BCUT2D eigenvalue weighted by atomic mass is 10.5. The molecule has 1 N–H and O–H groups in total. The Bertz CT molecular complexity index is 201. The summed E-state index contributed by atoms with van der Waals surface area (Å²) in [4.78, 5) is 0. The van der Waals surface area contributed by atoms with Crippen LogP contribution in [0.5, 0.6) is 0 Å². The summed E-state index contributed by atoms with van der Waals surface area (Å²) in [6, 6.07) is 0. The average Bonchev–Trinajstić information content (AvgIpc) is 2.31. The highest BCUT2D eigenvalue weighted by molar-refractivity contribution is 6.99. The highest BCUT2D eigenvalue weighted by atomic mass is 35.5. The van der Waals surface area contributed by atoms with E-state index >= 15 is 0 Å². The van der Waals surface area contributed by atoms with Crippen LogP contribution in [0.2, 0.25) is 5.15 Å². The molecule has 0 spiro atoms. The number of nitrogens with zero attached hydrogens (tertiary/aromatic N) is 2. The van der Waals surface area contributed by atoms with Crippen molar-refractivity contribution < 1.29 is 0 Å². The molecular formula is C5H8ClN3S. The summed E-state index contributed by atoms with van der Waals surface area (Å²) in [5.41, 5.74) is 0. The summed E-state index contributed by atoms with van der Waals surface area (Å²) in [5, 5.41) is 3.52. The van der Waals surface area contributed by atoms with Crippen LogP contribution in [0.1, 0.15) is 13.3 Å². The van der Waals surface area contributed by atoms with Crippen molar-refractivity contribution in [3.63, 3.8) is 0 Å². The number of hydrogen-bond acceptors (Lipinski definition) is 4. The molecular weight excluding hydrogens is 170 g/mol. The maximum atomic E-state index is 5.65. The van der Waals surface area contributed by atoms with Gasteiger partial charge in [-0.3, -0.25) is 0 Å². The molecule has 1 aromatic rings. The first kappa shape index (κ1) is 7.75. The predicted octanol–water partition coefficient (Wildman–Crippen LogP) is 2.01. The highest BCUT2D eigenvalue weighted by Crippen LogP contribution is 2.17. The summed E-state index contributed by atoms with van der Waals surface area (Å²) in [5.74, 6) is 0.702. The van der Waals surface area contributed by atoms with Gasteiger partial charge in [0, 0.05) is 6.54 Å². The van der Waals surface area contributed by atoms with Crippen LogP contribution in [-0.2, 0) is 0 Å². The number of nitrogens with one attached hydrogen (secondary N) is 1. The van der Waals surface area contributed by atoms with E-state index in [2.05, 4.69) is 21.0 Å². The standard InChI is InChI=1S/C5H8ClN3S/c1-2-3-7-5-4(6)8-10-9-5/h2-3H2,1H3,(H,7,9). The van der Waals surface area contributed by atoms with Crippen LogP contribution in [0, 0.1) is 0 Å². The molecule has 0 aliphatic heterocycles. The minimum Gasteiger partial charge on any atom is -0.367 e. The first-order valence-corrected chi connectivity index (χ1v) is 4.17. The summed E-state index contributed by atoms with van der Waals surface area (Å²) < 4.78 is 7.74. The quantitative estimate of drug-likeness (QED) is 0.768. The summed E-state index contributed by atoms with van der Waals surface area (Å²) in [6.07, 6.45) is 1.06. The van der Waals surface area contributed by atoms with Crippen molar-refractivity contribution in [2.75, 3.05) is 11.9 Å². The third kappa shape index (κ3) is 1.82. The molecule has 56 valence electrons. The molecule has 0 saturated heterocycles. The topological polar surface area (TPSA) is 37.8 Å². The smallest absolute Gasteiger partial charge is 0.186 e. The second-order valence-electron chi connectivity index (χ2n) is 1.83. The average molecular weight is 178 g/mol. The largest absolute Gasteiger partial charge is 0.367 e. The van der Waals surface area contributed by atoms with Crippen LogP contribution in [0.15, 0.2) is 0 Å². The van der Waals surface area contributed by atoms with Crippen LogP contribution < -0.4 is 5.32 Å². The molecule has 0 fully saturated rings. The molecule has 0 saturated carbocycles. The Balaban J connectivity index is 2.49. The Morgan fingerprint density at radius 2 is 2.40 bits per heavy atom. The zero-order valence-electron chi connectivity index (χ0n) is 5.59. The minimum atomic E-state index is 0.471. The normalized spacial score (nSPS) is 9.80. The molecule has 1 heterocycles. The van der Waals surface area contributed by atoms with Gasteiger partial charge in [0.05, 0.1) is 11.7 Å². The number of rotatable bonds is 3. The molecule has 10 heavy (non-hydrogen) atoms. The van der Waals surface area contributed by atoms with Gasteiger partial charge in [-0.1, -0.05) is 18.5 Å². The molecule has 1 rings (SSSR count). The van der Waals surface area contributed by atoms with Gasteiger partial charge in [0.25, 0.3) is 0 Å². The zero-order valence-corrected chi connectivity index (χ0v) is 7.17. The van der Waals surface area contributed by atoms with Crippen molar-refractivity contribution >= 4 is 29.1 Å². The highest BCUT2D eigenvalue weighted by Gasteiger charge is 2.01. The number of hydrogen-bond donors (Lipinski definition) is 1. The fraction of sp³-hybridized carbons (Fsp3) is 0.600. The van der Waals surface area contributed by atoms with Gasteiger partial charge < -0.3 is 5.32 Å². The van der Waals surface area contributed by atoms with Gasteiger partial charge in [0.1, 0.15) is 0 Å². The van der Waals surface area contributed by atoms with Gasteiger partial charge in [-0.2, -0.15) is 8.75 Å². The summed E-state index contributed by atoms with van der Waals surface area (Å²) in [6.45, 7) is 2.98. The molecule has 0 unspecified atom stereocenters. The predicted molar refractivity (Wildman–Crippen MR) is 43.7 cm³/mol. The number of aromatic nitrogens is 2. The van der Waals surface area contributed by atoms with E-state index in [9.17, 15) is 0 Å². The van der Waals surface area contributed by atoms with Crippen molar-refractivity contribution in [2.45, 2.75) is 13.3 Å². The molecule has 0 aromatic carbocycles. The lowest BCUT2D eigenvalue weighted by Gasteiger charge is -1.96. The van der Waals surface area contributed by atoms with Gasteiger partial charge >= 0.3 is 0 Å². The van der Waals surface area contributed by atoms with Crippen molar-refractivity contribution in [1.29, 1.82) is 0 Å². The van der Waals surface area contributed by atoms with E-state index < -0.39 is 0 Å². The Morgan fingerprint density at radius 1 is 1.60 bits per heavy atom. The Hall–Kier alpha value is -0.350. The van der Waals surface area contributed by atoms with Gasteiger partial charge in [0.2, 0.25) is 0 Å². The maximum absolute atomic E-state index is 5.65. The molecule has 0 aliphatic carbocycles. The fourth-order valence-corrected chi connectivity index (χ4v) is 1.21. The van der Waals surface area contributed by atoms with E-state index in [4.69, 9.17) is 11.6 Å². The van der Waals surface area contributed by atoms with E-state index in [1.54, 1.807) is 0 Å². The lowest BCUT2D eigenvalue weighted by molar-refractivity contribution is 0.974. The first-order chi connectivity index (χ1) is 4.84. The zero-order chi connectivity index (χ0) is 7.40. The van der Waals surface area contributed by atoms with E-state index in [1.165, 1.54) is 0 Å². The van der Waals surface area contributed by atoms with E-state index in [0.29, 0.717) is 11.0 Å². The third-order valence-corrected chi connectivity index (χ3v) is 1.88. The first-order valence-electron chi connectivity index (χ1n) is 3.06. The van der Waals surface area contributed by atoms with Crippen LogP contribution in [0.25, 0.3) is 0 Å². The molecule has 5 heteroatoms. The number of anilines is 1. The van der Waals surface area contributed by atoms with E-state index in [0.717, 1.165) is 24.7 Å². The second-order valence-corrected chi connectivity index (χ2v) is 2.72. The van der Waals surface area contributed by atoms with Crippen LogP contribution in [0.3, 0.4) is 0 Å². The Labute approximate surface area is 68.7 Å². The van der Waals surface area contributed by atoms with Crippen molar-refractivity contribution in [1.82, 2.24) is 8.75 Å². The summed E-state index contributed by atoms with van der Waals surface area (Å²) >= 11 is 6.77. The van der Waals surface area contributed by atoms with Crippen molar-refractivity contribution in [3.05, 3.63) is 5.15 Å². The Morgan fingerprint density at radius 3 is 2.90 bits per heavy atom. The van der Waals surface area contributed by atoms with Gasteiger partial charge in [-0.05, 0) is 6.42 Å². The second kappa shape index (κ2) is 3.73. The van der Waals surface area contributed by atoms with Crippen molar-refractivity contribution in [2.24, 2.45) is 0 Å². The Kier molecular flexibility index (Phi) is 2.89. The fourth-order valence-electron chi connectivity index (χ4n) is 0.527. The minimum absolute atomic E-state index is 0.471. The SMILES string of the molecule is CCCNc1nsnc1Cl. The van der Waals surface area contributed by atoms with Gasteiger partial charge in [0.15, 0.2) is 11.0 Å². The molecule has 3 nitrogen and oxygen atoms in total. The molecule has 0 bridgehead atoms. The molecule has 0 radical (unpaired) electrons. The van der Waals surface area contributed by atoms with E-state index in [1.807, 2.05) is 0 Å². The maximum Gasteiger partial charge on any atom is 0.186 e. The van der Waals surface area contributed by atoms with Crippen LogP contribution in [-0.4, -0.2) is 15.3 Å². The van der Waals surface area contributed by atoms with Gasteiger partial charge in [-0.25, -0.2) is 0 Å².